The normalized spacial score (nSPS) is 23.7. The molecule has 1 aliphatic rings. The van der Waals surface area contributed by atoms with Crippen molar-refractivity contribution in [2.45, 2.75) is 83.7 Å². The predicted molar refractivity (Wildman–Crippen MR) is 149 cm³/mol. The number of carbonyl (C=O) groups is 3. The van der Waals surface area contributed by atoms with Crippen LogP contribution in [0, 0.1) is 0 Å². The van der Waals surface area contributed by atoms with Gasteiger partial charge in [-0.3, -0.25) is 28.5 Å². The maximum Gasteiger partial charge on any atom is 0.459 e. The number of ketones is 1. The van der Waals surface area contributed by atoms with Crippen molar-refractivity contribution in [2.24, 2.45) is 0 Å². The summed E-state index contributed by atoms with van der Waals surface area (Å²) in [6.07, 6.45) is -4.91. The van der Waals surface area contributed by atoms with Crippen molar-refractivity contribution in [2.75, 3.05) is 6.61 Å². The van der Waals surface area contributed by atoms with Crippen LogP contribution in [0.3, 0.4) is 0 Å². The van der Waals surface area contributed by atoms with E-state index in [0.717, 1.165) is 23.8 Å². The van der Waals surface area contributed by atoms with Crippen LogP contribution >= 0.6 is 7.75 Å². The van der Waals surface area contributed by atoms with Gasteiger partial charge in [-0.1, -0.05) is 18.2 Å². The average molecular weight is 628 g/mol. The van der Waals surface area contributed by atoms with Crippen molar-refractivity contribution in [3.63, 3.8) is 0 Å². The third-order valence-corrected chi connectivity index (χ3v) is 7.80. The molecule has 0 bridgehead atoms. The molecule has 14 nitrogen and oxygen atoms in total. The number of carbonyl (C=O) groups excluding carboxylic acids is 3. The zero-order valence-corrected chi connectivity index (χ0v) is 25.2. The summed E-state index contributed by atoms with van der Waals surface area (Å²) in [7, 11) is -4.44. The molecule has 0 spiro atoms. The van der Waals surface area contributed by atoms with E-state index in [1.165, 1.54) is 26.0 Å². The lowest BCUT2D eigenvalue weighted by Gasteiger charge is -2.28. The second-order valence-electron chi connectivity index (χ2n) is 10.3. The van der Waals surface area contributed by atoms with Crippen molar-refractivity contribution in [3.05, 3.63) is 63.4 Å². The topological polar surface area (TPSA) is 181 Å². The summed E-state index contributed by atoms with van der Waals surface area (Å²) in [5, 5.41) is 2.49. The van der Waals surface area contributed by atoms with E-state index in [4.69, 9.17) is 23.3 Å². The Kier molecular flexibility index (Phi) is 11.2. The number of esters is 2. The van der Waals surface area contributed by atoms with Gasteiger partial charge in [0.15, 0.2) is 18.0 Å². The fourth-order valence-corrected chi connectivity index (χ4v) is 5.63. The van der Waals surface area contributed by atoms with Crippen molar-refractivity contribution in [3.8, 4) is 5.75 Å². The SMILES string of the molecule is CC(=O)CCC(=O)O[C@@H]1C(CO[P@@](=O)(N[C@@H](C)C(=O)OC(C)C)Oc2ccccc2)OC(n2ccc(=O)[nH]c2=O)[C@]1(C)F. The van der Waals surface area contributed by atoms with E-state index in [1.54, 1.807) is 32.0 Å². The Hall–Kier alpha value is -3.65. The van der Waals surface area contributed by atoms with Crippen LogP contribution < -0.4 is 20.9 Å². The van der Waals surface area contributed by atoms with E-state index < -0.39 is 73.8 Å². The number of alkyl halides is 1. The molecule has 43 heavy (non-hydrogen) atoms. The number of para-hydroxylation sites is 1. The molecule has 16 heteroatoms. The molecular formula is C27H35FN3O11P. The Balaban J connectivity index is 1.92. The maximum absolute atomic E-state index is 16.4. The van der Waals surface area contributed by atoms with Crippen LogP contribution in [-0.2, 0) is 37.7 Å². The van der Waals surface area contributed by atoms with Gasteiger partial charge >= 0.3 is 25.4 Å². The summed E-state index contributed by atoms with van der Waals surface area (Å²) in [6, 6.07) is 7.66. The fraction of sp³-hybridized carbons (Fsp3) is 0.519. The van der Waals surface area contributed by atoms with E-state index in [1.807, 2.05) is 4.98 Å². The molecule has 1 fully saturated rings. The highest BCUT2D eigenvalue weighted by Gasteiger charge is 2.58. The van der Waals surface area contributed by atoms with Gasteiger partial charge in [0.05, 0.1) is 19.1 Å². The number of hydrogen-bond donors (Lipinski definition) is 2. The lowest BCUT2D eigenvalue weighted by atomic mass is 9.98. The number of rotatable bonds is 14. The standard InChI is InChI=1S/C27H35FN3O11P/c1-16(2)39-24(35)18(4)30-43(37,42-19-9-7-6-8-10-19)38-15-20-23(41-22(34)12-11-17(3)32)27(5,28)25(40-20)31-14-13-21(33)29-26(31)36/h6-10,13-14,16,18,20,23,25H,11-12,15H2,1-5H3,(H,30,37)(H,29,33,36)/t18-,20?,23+,25?,27+,43-/m0/s1. The monoisotopic (exact) mass is 627 g/mol. The van der Waals surface area contributed by atoms with Crippen LogP contribution in [-0.4, -0.2) is 63.9 Å². The molecule has 1 saturated heterocycles. The number of nitrogens with zero attached hydrogens (tertiary/aromatic N) is 1. The minimum Gasteiger partial charge on any atom is -0.462 e. The Morgan fingerprint density at radius 1 is 1.14 bits per heavy atom. The summed E-state index contributed by atoms with van der Waals surface area (Å²) in [4.78, 5) is 62.4. The largest absolute Gasteiger partial charge is 0.462 e. The number of benzene rings is 1. The maximum atomic E-state index is 16.4. The third-order valence-electron chi connectivity index (χ3n) is 6.16. The highest BCUT2D eigenvalue weighted by molar-refractivity contribution is 7.52. The smallest absolute Gasteiger partial charge is 0.459 e. The van der Waals surface area contributed by atoms with Gasteiger partial charge in [0.25, 0.3) is 5.56 Å². The first-order valence-electron chi connectivity index (χ1n) is 13.4. The number of H-pyrrole nitrogens is 1. The first kappa shape index (κ1) is 33.8. The minimum absolute atomic E-state index is 0.107. The van der Waals surface area contributed by atoms with E-state index in [2.05, 4.69) is 5.09 Å². The van der Waals surface area contributed by atoms with Gasteiger partial charge in [-0.25, -0.2) is 13.8 Å². The van der Waals surface area contributed by atoms with Crippen molar-refractivity contribution in [1.29, 1.82) is 0 Å². The van der Waals surface area contributed by atoms with Crippen LogP contribution in [0.4, 0.5) is 4.39 Å². The molecule has 6 atom stereocenters. The van der Waals surface area contributed by atoms with Gasteiger partial charge in [-0.2, -0.15) is 5.09 Å². The quantitative estimate of drug-likeness (QED) is 0.231. The third kappa shape index (κ3) is 9.17. The van der Waals surface area contributed by atoms with Crippen LogP contribution in [0.5, 0.6) is 5.75 Å². The minimum atomic E-state index is -4.44. The molecule has 236 valence electrons. The molecule has 0 amide bonds. The van der Waals surface area contributed by atoms with Crippen LogP contribution in [0.1, 0.15) is 53.7 Å². The number of aromatic amines is 1. The number of hydrogen-bond acceptors (Lipinski definition) is 11. The van der Waals surface area contributed by atoms with E-state index in [-0.39, 0.29) is 24.4 Å². The number of aromatic nitrogens is 2. The molecule has 1 aromatic heterocycles. The lowest BCUT2D eigenvalue weighted by molar-refractivity contribution is -0.159. The van der Waals surface area contributed by atoms with Crippen LogP contribution in [0.25, 0.3) is 0 Å². The summed E-state index contributed by atoms with van der Waals surface area (Å²) >= 11 is 0. The predicted octanol–water partition coefficient (Wildman–Crippen LogP) is 2.58. The summed E-state index contributed by atoms with van der Waals surface area (Å²) in [5.74, 6) is -1.87. The highest BCUT2D eigenvalue weighted by Crippen LogP contribution is 2.48. The Morgan fingerprint density at radius 3 is 2.42 bits per heavy atom. The molecule has 0 radical (unpaired) electrons. The van der Waals surface area contributed by atoms with E-state index in [0.29, 0.717) is 0 Å². The van der Waals surface area contributed by atoms with Gasteiger partial charge in [0, 0.05) is 18.7 Å². The first-order valence-corrected chi connectivity index (χ1v) is 15.0. The van der Waals surface area contributed by atoms with Crippen molar-refractivity contribution < 1.29 is 46.6 Å². The Morgan fingerprint density at radius 2 is 1.81 bits per heavy atom. The molecule has 0 aliphatic carbocycles. The molecule has 0 saturated carbocycles. The van der Waals surface area contributed by atoms with E-state index in [9.17, 15) is 28.5 Å². The van der Waals surface area contributed by atoms with Crippen molar-refractivity contribution in [1.82, 2.24) is 14.6 Å². The number of halogens is 1. The lowest BCUT2D eigenvalue weighted by Crippen LogP contribution is -2.46. The summed E-state index contributed by atoms with van der Waals surface area (Å²) in [6.45, 7) is 6.21. The highest BCUT2D eigenvalue weighted by atomic mass is 31.2. The molecule has 3 rings (SSSR count). The van der Waals surface area contributed by atoms with Crippen LogP contribution in [0.2, 0.25) is 0 Å². The van der Waals surface area contributed by atoms with E-state index >= 15 is 4.39 Å². The molecule has 1 aliphatic heterocycles. The van der Waals surface area contributed by atoms with Gasteiger partial charge in [0.1, 0.15) is 23.7 Å². The summed E-state index contributed by atoms with van der Waals surface area (Å²) < 4.78 is 58.5. The van der Waals surface area contributed by atoms with Gasteiger partial charge in [0.2, 0.25) is 0 Å². The Bertz CT molecular complexity index is 1460. The number of nitrogens with one attached hydrogen (secondary N) is 2. The zero-order chi connectivity index (χ0) is 31.9. The zero-order valence-electron chi connectivity index (χ0n) is 24.3. The molecule has 2 aromatic rings. The van der Waals surface area contributed by atoms with Crippen molar-refractivity contribution >= 4 is 25.5 Å². The first-order chi connectivity index (χ1) is 20.1. The molecule has 1 aromatic carbocycles. The molecule has 2 unspecified atom stereocenters. The van der Waals surface area contributed by atoms with Gasteiger partial charge in [-0.05, 0) is 46.8 Å². The number of ether oxygens (including phenoxy) is 3. The molecule has 2 heterocycles. The second kappa shape index (κ2) is 14.2. The van der Waals surface area contributed by atoms with Gasteiger partial charge < -0.3 is 23.5 Å². The molecule has 2 N–H and O–H groups in total. The average Bonchev–Trinajstić information content (AvgIpc) is 3.15. The number of Topliss-reactive ketones (excluding diaryl/α,β-unsaturated/α-hetero) is 1. The molecular weight excluding hydrogens is 592 g/mol. The second-order valence-corrected chi connectivity index (χ2v) is 12.0. The van der Waals surface area contributed by atoms with Crippen LogP contribution in [0.15, 0.2) is 52.2 Å². The fourth-order valence-electron chi connectivity index (χ4n) is 4.13. The summed E-state index contributed by atoms with van der Waals surface area (Å²) in [5.41, 5.74) is -4.32. The van der Waals surface area contributed by atoms with Gasteiger partial charge in [-0.15, -0.1) is 0 Å². The Labute approximate surface area is 246 Å².